The molecule has 0 bridgehead atoms. The zero-order valence-electron chi connectivity index (χ0n) is 18.5. The number of aromatic nitrogens is 3. The van der Waals surface area contributed by atoms with Gasteiger partial charge in [-0.05, 0) is 58.8 Å². The highest BCUT2D eigenvalue weighted by Crippen LogP contribution is 2.48. The maximum atomic E-state index is 14.4. The largest absolute Gasteiger partial charge is 0.364 e. The molecule has 10 heteroatoms. The first-order chi connectivity index (χ1) is 16.3. The van der Waals surface area contributed by atoms with Gasteiger partial charge in [0.05, 0.1) is 22.2 Å². The third kappa shape index (κ3) is 3.89. The SMILES string of the molecule is CCc1cc2c(C(N)=O)nn(CC(=O)N3[C@@H]4C[C@@H]4C[C@H]3C(=O)Cc3cccc(Br)c3F)c2cn1. The van der Waals surface area contributed by atoms with Crippen LogP contribution in [0.15, 0.2) is 34.9 Å². The molecule has 0 radical (unpaired) electrons. The molecule has 2 fully saturated rings. The van der Waals surface area contributed by atoms with Crippen LogP contribution in [0.4, 0.5) is 4.39 Å². The van der Waals surface area contributed by atoms with E-state index >= 15 is 0 Å². The Balaban J connectivity index is 1.40. The zero-order valence-corrected chi connectivity index (χ0v) is 20.1. The lowest BCUT2D eigenvalue weighted by Gasteiger charge is -2.27. The molecule has 2 amide bonds. The van der Waals surface area contributed by atoms with Crippen LogP contribution in [0.5, 0.6) is 0 Å². The second-order valence-corrected chi connectivity index (χ2v) is 9.74. The lowest BCUT2D eigenvalue weighted by Crippen LogP contribution is -2.45. The lowest BCUT2D eigenvalue weighted by molar-refractivity contribution is -0.139. The van der Waals surface area contributed by atoms with E-state index in [9.17, 15) is 18.8 Å². The number of benzene rings is 1. The van der Waals surface area contributed by atoms with Crippen molar-refractivity contribution in [3.63, 3.8) is 0 Å². The van der Waals surface area contributed by atoms with Crippen molar-refractivity contribution in [2.45, 2.75) is 51.2 Å². The summed E-state index contributed by atoms with van der Waals surface area (Å²) < 4.78 is 16.1. The first-order valence-electron chi connectivity index (χ1n) is 11.2. The van der Waals surface area contributed by atoms with Crippen molar-refractivity contribution in [1.29, 1.82) is 0 Å². The summed E-state index contributed by atoms with van der Waals surface area (Å²) in [6.07, 6.45) is 3.62. The topological polar surface area (TPSA) is 111 Å². The fourth-order valence-electron chi connectivity index (χ4n) is 4.91. The average molecular weight is 528 g/mol. The Morgan fingerprint density at radius 1 is 1.26 bits per heavy atom. The van der Waals surface area contributed by atoms with Crippen LogP contribution in [-0.2, 0) is 29.0 Å². The number of rotatable bonds is 7. The Morgan fingerprint density at radius 2 is 2.06 bits per heavy atom. The van der Waals surface area contributed by atoms with Gasteiger partial charge in [0, 0.05) is 23.5 Å². The molecular weight excluding hydrogens is 505 g/mol. The molecule has 176 valence electrons. The lowest BCUT2D eigenvalue weighted by atomic mass is 10.00. The number of piperidine rings is 1. The van der Waals surface area contributed by atoms with Gasteiger partial charge in [-0.15, -0.1) is 0 Å². The van der Waals surface area contributed by atoms with Gasteiger partial charge in [0.25, 0.3) is 5.91 Å². The van der Waals surface area contributed by atoms with Crippen LogP contribution in [-0.4, -0.2) is 49.3 Å². The Morgan fingerprint density at radius 3 is 2.79 bits per heavy atom. The number of nitrogens with zero attached hydrogens (tertiary/aromatic N) is 4. The van der Waals surface area contributed by atoms with Crippen molar-refractivity contribution in [1.82, 2.24) is 19.7 Å². The molecule has 1 saturated carbocycles. The summed E-state index contributed by atoms with van der Waals surface area (Å²) in [7, 11) is 0. The molecule has 1 aliphatic carbocycles. The number of ketones is 1. The molecule has 0 unspecified atom stereocenters. The minimum Gasteiger partial charge on any atom is -0.364 e. The predicted octanol–water partition coefficient (Wildman–Crippen LogP) is 2.80. The highest BCUT2D eigenvalue weighted by molar-refractivity contribution is 9.10. The van der Waals surface area contributed by atoms with Crippen molar-refractivity contribution in [3.05, 3.63) is 57.7 Å². The molecule has 3 aromatic rings. The van der Waals surface area contributed by atoms with Crippen LogP contribution in [0.1, 0.15) is 41.5 Å². The van der Waals surface area contributed by atoms with Gasteiger partial charge in [-0.2, -0.15) is 5.10 Å². The number of aryl methyl sites for hydroxylation is 1. The number of hydrogen-bond donors (Lipinski definition) is 1. The van der Waals surface area contributed by atoms with Crippen molar-refractivity contribution < 1.29 is 18.8 Å². The maximum Gasteiger partial charge on any atom is 0.269 e. The monoisotopic (exact) mass is 527 g/mol. The number of pyridine rings is 1. The van der Waals surface area contributed by atoms with E-state index in [1.54, 1.807) is 35.4 Å². The zero-order chi connectivity index (χ0) is 24.1. The Labute approximate surface area is 203 Å². The van der Waals surface area contributed by atoms with Crippen molar-refractivity contribution in [2.24, 2.45) is 11.7 Å². The van der Waals surface area contributed by atoms with E-state index in [1.807, 2.05) is 6.92 Å². The average Bonchev–Trinajstić information content (AvgIpc) is 3.32. The molecular formula is C24H23BrFN5O3. The molecule has 1 aromatic carbocycles. The third-order valence-electron chi connectivity index (χ3n) is 6.73. The third-order valence-corrected chi connectivity index (χ3v) is 7.35. The van der Waals surface area contributed by atoms with Crippen molar-refractivity contribution in [3.8, 4) is 0 Å². The van der Waals surface area contributed by atoms with Gasteiger partial charge in [-0.3, -0.25) is 24.0 Å². The summed E-state index contributed by atoms with van der Waals surface area (Å²) >= 11 is 3.15. The van der Waals surface area contributed by atoms with Crippen LogP contribution in [0.25, 0.3) is 10.9 Å². The van der Waals surface area contributed by atoms with Crippen molar-refractivity contribution >= 4 is 44.4 Å². The molecule has 5 rings (SSSR count). The Kier molecular flexibility index (Phi) is 5.71. The minimum atomic E-state index is -0.683. The molecule has 3 atom stereocenters. The normalized spacial score (nSPS) is 21.0. The van der Waals surface area contributed by atoms with E-state index in [2.05, 4.69) is 26.0 Å². The van der Waals surface area contributed by atoms with Crippen LogP contribution in [0, 0.1) is 11.7 Å². The number of carbonyl (C=O) groups excluding carboxylic acids is 3. The van der Waals surface area contributed by atoms with Gasteiger partial charge in [0.2, 0.25) is 5.91 Å². The second kappa shape index (κ2) is 8.57. The fraction of sp³-hybridized carbons (Fsp3) is 0.375. The summed E-state index contributed by atoms with van der Waals surface area (Å²) in [5, 5.41) is 4.84. The number of fused-ring (bicyclic) bond motifs is 2. The van der Waals surface area contributed by atoms with Crippen LogP contribution < -0.4 is 5.73 Å². The van der Waals surface area contributed by atoms with E-state index in [4.69, 9.17) is 5.73 Å². The second-order valence-electron chi connectivity index (χ2n) is 8.89. The van der Waals surface area contributed by atoms with Gasteiger partial charge >= 0.3 is 0 Å². The molecule has 0 spiro atoms. The smallest absolute Gasteiger partial charge is 0.269 e. The van der Waals surface area contributed by atoms with Crippen LogP contribution in [0.3, 0.4) is 0 Å². The van der Waals surface area contributed by atoms with E-state index in [0.717, 1.165) is 12.1 Å². The number of nitrogens with two attached hydrogens (primary N) is 1. The first kappa shape index (κ1) is 22.6. The molecule has 8 nitrogen and oxygen atoms in total. The highest BCUT2D eigenvalue weighted by atomic mass is 79.9. The molecule has 1 saturated heterocycles. The summed E-state index contributed by atoms with van der Waals surface area (Å²) in [5.74, 6) is -1.31. The van der Waals surface area contributed by atoms with Crippen LogP contribution in [0.2, 0.25) is 0 Å². The number of Topliss-reactive ketones (excluding diaryl/α,β-unsaturated/α-hetero) is 1. The number of halogens is 2. The van der Waals surface area contributed by atoms with Crippen molar-refractivity contribution in [2.75, 3.05) is 0 Å². The minimum absolute atomic E-state index is 0.0102. The highest BCUT2D eigenvalue weighted by Gasteiger charge is 2.55. The number of carbonyl (C=O) groups is 3. The fourth-order valence-corrected chi connectivity index (χ4v) is 5.32. The molecule has 2 N–H and O–H groups in total. The summed E-state index contributed by atoms with van der Waals surface area (Å²) in [5.41, 5.74) is 7.22. The summed E-state index contributed by atoms with van der Waals surface area (Å²) in [6, 6.07) is 6.01. The first-order valence-corrected chi connectivity index (χ1v) is 12.0. The molecule has 2 aliphatic rings. The van der Waals surface area contributed by atoms with Gasteiger partial charge in [-0.25, -0.2) is 4.39 Å². The van der Waals surface area contributed by atoms with Gasteiger partial charge < -0.3 is 10.6 Å². The summed E-state index contributed by atoms with van der Waals surface area (Å²) in [6.45, 7) is 1.80. The molecule has 3 heterocycles. The molecule has 1 aliphatic heterocycles. The number of amides is 2. The number of hydrogen-bond acceptors (Lipinski definition) is 5. The molecule has 2 aromatic heterocycles. The quantitative estimate of drug-likeness (QED) is 0.507. The standard InChI is InChI=1S/C24H23BrFN5O3/c1-2-14-9-15-19(10-28-14)30(29-23(15)24(27)34)11-21(33)31-17-6-13(17)7-18(31)20(32)8-12-4-3-5-16(25)22(12)26/h3-5,9-10,13,17-18H,2,6-8,11H2,1H3,(H2,27,34)/t13-,17-,18+/m1/s1. The van der Waals surface area contributed by atoms with E-state index < -0.39 is 17.8 Å². The van der Waals surface area contributed by atoms with Gasteiger partial charge in [-0.1, -0.05) is 19.1 Å². The number of likely N-dealkylation sites (tertiary alicyclic amines) is 1. The Hall–Kier alpha value is -3.14. The van der Waals surface area contributed by atoms with Gasteiger partial charge in [0.1, 0.15) is 12.4 Å². The maximum absolute atomic E-state index is 14.4. The van der Waals surface area contributed by atoms with E-state index in [-0.39, 0.29) is 42.3 Å². The molecule has 34 heavy (non-hydrogen) atoms. The van der Waals surface area contributed by atoms with Crippen LogP contribution >= 0.6 is 15.9 Å². The number of primary amides is 1. The summed E-state index contributed by atoms with van der Waals surface area (Å²) in [4.78, 5) is 44.4. The Bertz CT molecular complexity index is 1340. The van der Waals surface area contributed by atoms with Gasteiger partial charge in [0.15, 0.2) is 11.5 Å². The predicted molar refractivity (Wildman–Crippen MR) is 125 cm³/mol. The van der Waals surface area contributed by atoms with E-state index in [1.165, 1.54) is 4.68 Å². The van der Waals surface area contributed by atoms with E-state index in [0.29, 0.717) is 33.8 Å².